The van der Waals surface area contributed by atoms with Gasteiger partial charge in [-0.2, -0.15) is 0 Å². The highest BCUT2D eigenvalue weighted by atomic mass is 16.4. The lowest BCUT2D eigenvalue weighted by molar-refractivity contribution is -0.142. The molecule has 0 radical (unpaired) electrons. The topological polar surface area (TPSA) is 57.5 Å². The van der Waals surface area contributed by atoms with E-state index in [2.05, 4.69) is 27.7 Å². The minimum atomic E-state index is -0.702. The van der Waals surface area contributed by atoms with Gasteiger partial charge in [-0.05, 0) is 41.4 Å². The average molecular weight is 391 g/mol. The number of hydrogen-bond donors (Lipinski definition) is 2. The van der Waals surface area contributed by atoms with E-state index in [0.717, 1.165) is 42.4 Å². The maximum absolute atomic E-state index is 11.8. The van der Waals surface area contributed by atoms with Gasteiger partial charge in [0.25, 0.3) is 0 Å². The molecule has 0 heterocycles. The average Bonchev–Trinajstić information content (AvgIpc) is 2.62. The van der Waals surface area contributed by atoms with E-state index in [9.17, 15) is 15.0 Å². The molecule has 160 valence electrons. The molecule has 0 amide bonds. The minimum absolute atomic E-state index is 0.166. The van der Waals surface area contributed by atoms with Crippen molar-refractivity contribution in [3.05, 3.63) is 28.8 Å². The third-order valence-electron chi connectivity index (χ3n) is 5.68. The first-order valence-corrected chi connectivity index (χ1v) is 11.3. The SMILES string of the molecule is CCCCCCCCCCC(Cc1cc(CC)c(O)c(C(C)(C)C)c1)C(=O)O. The van der Waals surface area contributed by atoms with Crippen molar-refractivity contribution in [2.75, 3.05) is 0 Å². The first-order chi connectivity index (χ1) is 13.2. The zero-order valence-electron chi connectivity index (χ0n) is 18.8. The number of phenolic OH excluding ortho intramolecular Hbond substituents is 1. The van der Waals surface area contributed by atoms with E-state index in [-0.39, 0.29) is 11.3 Å². The van der Waals surface area contributed by atoms with E-state index >= 15 is 0 Å². The molecule has 1 aromatic rings. The number of aromatic hydroxyl groups is 1. The number of unbranched alkanes of at least 4 members (excludes halogenated alkanes) is 7. The second kappa shape index (κ2) is 12.1. The van der Waals surface area contributed by atoms with Gasteiger partial charge in [0.15, 0.2) is 0 Å². The predicted octanol–water partition coefficient (Wildman–Crippen LogP) is 7.03. The van der Waals surface area contributed by atoms with E-state index in [1.54, 1.807) is 0 Å². The van der Waals surface area contributed by atoms with E-state index in [0.29, 0.717) is 12.2 Å². The van der Waals surface area contributed by atoms with Gasteiger partial charge in [-0.1, -0.05) is 98.1 Å². The van der Waals surface area contributed by atoms with Crippen LogP contribution in [0.15, 0.2) is 12.1 Å². The molecule has 3 nitrogen and oxygen atoms in total. The molecule has 0 saturated heterocycles. The summed E-state index contributed by atoms with van der Waals surface area (Å²) in [6.07, 6.45) is 11.8. The van der Waals surface area contributed by atoms with E-state index < -0.39 is 5.97 Å². The maximum atomic E-state index is 11.8. The third kappa shape index (κ3) is 8.24. The number of aryl methyl sites for hydroxylation is 1. The van der Waals surface area contributed by atoms with Gasteiger partial charge in [0.05, 0.1) is 5.92 Å². The number of rotatable bonds is 13. The summed E-state index contributed by atoms with van der Waals surface area (Å²) < 4.78 is 0. The summed E-state index contributed by atoms with van der Waals surface area (Å²) in [5, 5.41) is 20.2. The number of carbonyl (C=O) groups is 1. The Bertz CT molecular complexity index is 599. The van der Waals surface area contributed by atoms with E-state index in [1.807, 2.05) is 19.1 Å². The van der Waals surface area contributed by atoms with Crippen LogP contribution in [0.5, 0.6) is 5.75 Å². The van der Waals surface area contributed by atoms with Crippen molar-refractivity contribution < 1.29 is 15.0 Å². The number of carboxylic acid groups (broad SMARTS) is 1. The number of phenols is 1. The molecule has 1 atom stereocenters. The van der Waals surface area contributed by atoms with Crippen molar-refractivity contribution in [1.82, 2.24) is 0 Å². The van der Waals surface area contributed by atoms with Crippen LogP contribution in [0.3, 0.4) is 0 Å². The van der Waals surface area contributed by atoms with Crippen molar-refractivity contribution in [2.45, 2.75) is 111 Å². The standard InChI is InChI=1S/C25H42O3/c1-6-8-9-10-11-12-13-14-15-21(24(27)28)17-19-16-20(7-2)23(26)22(18-19)25(3,4)5/h16,18,21,26H,6-15,17H2,1-5H3,(H,27,28). The van der Waals surface area contributed by atoms with Crippen molar-refractivity contribution in [1.29, 1.82) is 0 Å². The third-order valence-corrected chi connectivity index (χ3v) is 5.68. The number of benzene rings is 1. The molecule has 0 aromatic heterocycles. The Kier molecular flexibility index (Phi) is 10.6. The Morgan fingerprint density at radius 3 is 2.04 bits per heavy atom. The Labute approximate surface area is 172 Å². The molecule has 0 bridgehead atoms. The molecule has 0 aliphatic rings. The van der Waals surface area contributed by atoms with Crippen LogP contribution in [0.4, 0.5) is 0 Å². The molecule has 1 unspecified atom stereocenters. The van der Waals surface area contributed by atoms with Gasteiger partial charge < -0.3 is 10.2 Å². The van der Waals surface area contributed by atoms with Crippen LogP contribution in [-0.4, -0.2) is 16.2 Å². The molecule has 0 aliphatic heterocycles. The fourth-order valence-electron chi connectivity index (χ4n) is 3.84. The van der Waals surface area contributed by atoms with Gasteiger partial charge in [0.2, 0.25) is 0 Å². The lowest BCUT2D eigenvalue weighted by atomic mass is 9.82. The van der Waals surface area contributed by atoms with Gasteiger partial charge >= 0.3 is 5.97 Å². The van der Waals surface area contributed by atoms with Gasteiger partial charge in [-0.3, -0.25) is 4.79 Å². The monoisotopic (exact) mass is 390 g/mol. The maximum Gasteiger partial charge on any atom is 0.306 e. The van der Waals surface area contributed by atoms with Gasteiger partial charge in [-0.25, -0.2) is 0 Å². The summed E-state index contributed by atoms with van der Waals surface area (Å²) >= 11 is 0. The minimum Gasteiger partial charge on any atom is -0.507 e. The van der Waals surface area contributed by atoms with Crippen LogP contribution in [0.25, 0.3) is 0 Å². The first-order valence-electron chi connectivity index (χ1n) is 11.3. The Balaban J connectivity index is 2.68. The Morgan fingerprint density at radius 2 is 1.54 bits per heavy atom. The van der Waals surface area contributed by atoms with Crippen LogP contribution >= 0.6 is 0 Å². The van der Waals surface area contributed by atoms with E-state index in [1.165, 1.54) is 38.5 Å². The second-order valence-corrected chi connectivity index (χ2v) is 9.26. The van der Waals surface area contributed by atoms with Crippen LogP contribution in [0, 0.1) is 5.92 Å². The fraction of sp³-hybridized carbons (Fsp3) is 0.720. The summed E-state index contributed by atoms with van der Waals surface area (Å²) in [5.41, 5.74) is 2.70. The fourth-order valence-corrected chi connectivity index (χ4v) is 3.84. The number of carboxylic acids is 1. The highest BCUT2D eigenvalue weighted by Gasteiger charge is 2.23. The van der Waals surface area contributed by atoms with Gasteiger partial charge in [0, 0.05) is 0 Å². The normalized spacial score (nSPS) is 12.9. The Morgan fingerprint density at radius 1 is 0.964 bits per heavy atom. The van der Waals surface area contributed by atoms with Crippen molar-refractivity contribution >= 4 is 5.97 Å². The zero-order chi connectivity index (χ0) is 21.2. The molecule has 0 saturated carbocycles. The molecule has 28 heavy (non-hydrogen) atoms. The first kappa shape index (κ1) is 24.5. The number of aliphatic carboxylic acids is 1. The van der Waals surface area contributed by atoms with Crippen molar-refractivity contribution in [3.63, 3.8) is 0 Å². The predicted molar refractivity (Wildman–Crippen MR) is 118 cm³/mol. The van der Waals surface area contributed by atoms with Crippen LogP contribution < -0.4 is 0 Å². The van der Waals surface area contributed by atoms with Crippen LogP contribution in [0.2, 0.25) is 0 Å². The highest BCUT2D eigenvalue weighted by molar-refractivity contribution is 5.70. The molecule has 3 heteroatoms. The quantitative estimate of drug-likeness (QED) is 0.356. The number of hydrogen-bond acceptors (Lipinski definition) is 2. The molecule has 2 N–H and O–H groups in total. The Hall–Kier alpha value is -1.51. The molecule has 0 aliphatic carbocycles. The van der Waals surface area contributed by atoms with Gasteiger partial charge in [-0.15, -0.1) is 0 Å². The lowest BCUT2D eigenvalue weighted by Gasteiger charge is -2.24. The summed E-state index contributed by atoms with van der Waals surface area (Å²) in [5.74, 6) is -0.678. The smallest absolute Gasteiger partial charge is 0.306 e. The molecule has 0 spiro atoms. The largest absolute Gasteiger partial charge is 0.507 e. The van der Waals surface area contributed by atoms with Crippen LogP contribution in [0.1, 0.15) is 109 Å². The summed E-state index contributed by atoms with van der Waals surface area (Å²) in [6.45, 7) is 10.5. The van der Waals surface area contributed by atoms with Gasteiger partial charge in [0.1, 0.15) is 5.75 Å². The zero-order valence-corrected chi connectivity index (χ0v) is 18.8. The highest BCUT2D eigenvalue weighted by Crippen LogP contribution is 2.35. The molecular weight excluding hydrogens is 348 g/mol. The second-order valence-electron chi connectivity index (χ2n) is 9.26. The van der Waals surface area contributed by atoms with E-state index in [4.69, 9.17) is 0 Å². The summed E-state index contributed by atoms with van der Waals surface area (Å²) in [4.78, 5) is 11.8. The van der Waals surface area contributed by atoms with Crippen molar-refractivity contribution in [2.24, 2.45) is 5.92 Å². The molecule has 0 fully saturated rings. The molecule has 1 aromatic carbocycles. The summed E-state index contributed by atoms with van der Waals surface area (Å²) in [6, 6.07) is 4.01. The van der Waals surface area contributed by atoms with Crippen LogP contribution in [-0.2, 0) is 23.1 Å². The molecular formula is C25H42O3. The summed E-state index contributed by atoms with van der Waals surface area (Å²) in [7, 11) is 0. The molecule has 1 rings (SSSR count). The van der Waals surface area contributed by atoms with Crippen molar-refractivity contribution in [3.8, 4) is 5.75 Å². The lowest BCUT2D eigenvalue weighted by Crippen LogP contribution is -2.18.